The molecular weight excluding hydrogens is 695 g/mol. The van der Waals surface area contributed by atoms with E-state index in [0.717, 1.165) is 0 Å². The molecule has 0 bridgehead atoms. The third-order valence-electron chi connectivity index (χ3n) is 11.1. The maximum absolute atomic E-state index is 10.2. The highest BCUT2D eigenvalue weighted by Crippen LogP contribution is 2.58. The number of anilines is 6. The Hall–Kier alpha value is -4.90. The van der Waals surface area contributed by atoms with Crippen LogP contribution in [-0.2, 0) is 27.1 Å². The maximum Gasteiger partial charge on any atom is 0.297 e. The van der Waals surface area contributed by atoms with Crippen LogP contribution >= 0.6 is 0 Å². The number of rotatable bonds is 1. The SMILES string of the molecule is [2H]c1c([2H])c(C(C)(C)C)c([2H])c2c1B1c3oc4c([2H])c([2H])c(C(C)(C)C)c([2H])c4c3N3c4c([2H])c([2H])c(C(C)(C)C)c([2H])c4Oc4c(C(C)(C)C)cc(c1c43)N2c1c([2H])c([2H])c(C(C)(C)C)c([2H])c1[2H]. The van der Waals surface area contributed by atoms with Crippen LogP contribution in [0.15, 0.2) is 89.0 Å². The summed E-state index contributed by atoms with van der Waals surface area (Å²) in [6, 6.07) is -1.61. The molecule has 0 radical (unpaired) electrons. The van der Waals surface area contributed by atoms with Gasteiger partial charge in [-0.25, -0.2) is 0 Å². The van der Waals surface area contributed by atoms with Crippen molar-refractivity contribution in [3.05, 3.63) is 112 Å². The lowest BCUT2D eigenvalue weighted by Crippen LogP contribution is -2.61. The zero-order chi connectivity index (χ0) is 52.3. The molecule has 4 heterocycles. The van der Waals surface area contributed by atoms with Gasteiger partial charge in [-0.05, 0) is 109 Å². The average Bonchev–Trinajstić information content (AvgIpc) is 3.61. The minimum absolute atomic E-state index is 0.0167. The van der Waals surface area contributed by atoms with Crippen LogP contribution in [0, 0.1) is 0 Å². The second kappa shape index (κ2) is 11.8. The van der Waals surface area contributed by atoms with Crippen LogP contribution in [0.25, 0.3) is 11.0 Å². The minimum atomic E-state index is -1.23. The van der Waals surface area contributed by atoms with Crippen molar-refractivity contribution in [2.24, 2.45) is 0 Å². The number of fused-ring (bicyclic) bond motifs is 9. The first-order valence-electron chi connectivity index (χ1n) is 26.4. The standard InChI is InChI=1S/C52H59BN2O2/c1-48(2,3)30-16-21-34(22-17-30)54-39-27-32(50(7,8)9)18-23-37(39)53-43-40(54)29-36(52(13,14)15)46-45(43)55(38-24-19-33(51(10,11)12)28-42(38)56-46)44-35-26-31(49(4,5)6)20-25-41(35)57-47(44)53/h16-29H,1-15H3/i16D,17D,18D,19D,20D,21D,22D,23D,24D,25D,26D,27D,28D. The molecule has 0 unspecified atom stereocenters. The van der Waals surface area contributed by atoms with E-state index in [1.807, 2.05) is 110 Å². The van der Waals surface area contributed by atoms with E-state index in [9.17, 15) is 17.8 Å². The van der Waals surface area contributed by atoms with Crippen molar-refractivity contribution in [2.75, 3.05) is 9.80 Å². The van der Waals surface area contributed by atoms with E-state index >= 15 is 0 Å². The van der Waals surface area contributed by atoms with Crippen molar-refractivity contribution >= 4 is 68.4 Å². The van der Waals surface area contributed by atoms with Crippen molar-refractivity contribution < 1.29 is 27.0 Å². The predicted molar refractivity (Wildman–Crippen MR) is 244 cm³/mol. The fraction of sp³-hybridized carbons (Fsp3) is 0.385. The molecule has 5 heteroatoms. The molecule has 0 N–H and O–H groups in total. The van der Waals surface area contributed by atoms with Gasteiger partial charge in [0.15, 0.2) is 11.5 Å². The summed E-state index contributed by atoms with van der Waals surface area (Å²) in [5.74, 6) is 0.206. The molecule has 3 aliphatic rings. The Kier molecular flexibility index (Phi) is 5.29. The van der Waals surface area contributed by atoms with Gasteiger partial charge in [-0.1, -0.05) is 140 Å². The molecule has 57 heavy (non-hydrogen) atoms. The van der Waals surface area contributed by atoms with Gasteiger partial charge in [-0.3, -0.25) is 0 Å². The summed E-state index contributed by atoms with van der Waals surface area (Å²) < 4.78 is 141. The molecule has 5 aromatic carbocycles. The molecule has 0 amide bonds. The van der Waals surface area contributed by atoms with Crippen LogP contribution in [-0.4, -0.2) is 6.71 Å². The molecule has 0 fully saturated rings. The molecule has 0 saturated carbocycles. The third-order valence-corrected chi connectivity index (χ3v) is 11.1. The highest BCUT2D eigenvalue weighted by Gasteiger charge is 2.51. The van der Waals surface area contributed by atoms with E-state index in [1.54, 1.807) is 4.90 Å². The quantitative estimate of drug-likeness (QED) is 0.156. The molecule has 4 nitrogen and oxygen atoms in total. The molecule has 1 aromatic heterocycles. The fourth-order valence-corrected chi connectivity index (χ4v) is 7.86. The Morgan fingerprint density at radius 2 is 1.09 bits per heavy atom. The summed E-state index contributed by atoms with van der Waals surface area (Å²) in [6.07, 6.45) is 0. The monoisotopic (exact) mass is 768 g/mol. The summed E-state index contributed by atoms with van der Waals surface area (Å²) in [5.41, 5.74) is -1.86. The lowest BCUT2D eigenvalue weighted by Gasteiger charge is -2.46. The van der Waals surface area contributed by atoms with Gasteiger partial charge in [0, 0.05) is 28.0 Å². The van der Waals surface area contributed by atoms with Crippen LogP contribution < -0.4 is 31.1 Å². The Morgan fingerprint density at radius 3 is 1.70 bits per heavy atom. The van der Waals surface area contributed by atoms with Crippen LogP contribution in [0.1, 0.15) is 149 Å². The predicted octanol–water partition coefficient (Wildman–Crippen LogP) is 13.1. The molecule has 6 aromatic rings. The Bertz CT molecular complexity index is 3350. The summed E-state index contributed by atoms with van der Waals surface area (Å²) in [5, 5.41) is 0.113. The van der Waals surface area contributed by atoms with Crippen molar-refractivity contribution in [2.45, 2.75) is 131 Å². The molecule has 292 valence electrons. The largest absolute Gasteiger partial charge is 0.468 e. The van der Waals surface area contributed by atoms with Gasteiger partial charge in [-0.2, -0.15) is 0 Å². The van der Waals surface area contributed by atoms with E-state index in [-0.39, 0.29) is 156 Å². The van der Waals surface area contributed by atoms with E-state index in [0.29, 0.717) is 11.0 Å². The van der Waals surface area contributed by atoms with Crippen LogP contribution in [0.3, 0.4) is 0 Å². The van der Waals surface area contributed by atoms with Gasteiger partial charge in [0.05, 0.1) is 40.5 Å². The molecule has 0 aliphatic carbocycles. The summed E-state index contributed by atoms with van der Waals surface area (Å²) >= 11 is 0. The van der Waals surface area contributed by atoms with Crippen molar-refractivity contribution in [3.63, 3.8) is 0 Å². The van der Waals surface area contributed by atoms with Crippen LogP contribution in [0.5, 0.6) is 11.5 Å². The highest BCUT2D eigenvalue weighted by atomic mass is 16.5. The molecule has 0 spiro atoms. The maximum atomic E-state index is 10.2. The van der Waals surface area contributed by atoms with Crippen molar-refractivity contribution in [1.29, 1.82) is 0 Å². The molecule has 9 rings (SSSR count). The Labute approximate surface area is 359 Å². The van der Waals surface area contributed by atoms with Crippen LogP contribution in [0.2, 0.25) is 0 Å². The summed E-state index contributed by atoms with van der Waals surface area (Å²) in [6.45, 7) is 26.7. The van der Waals surface area contributed by atoms with Crippen molar-refractivity contribution in [1.82, 2.24) is 0 Å². The van der Waals surface area contributed by atoms with Gasteiger partial charge in [0.1, 0.15) is 5.58 Å². The molecular formula is C52H59BN2O2. The fourth-order valence-electron chi connectivity index (χ4n) is 7.86. The Morgan fingerprint density at radius 1 is 0.526 bits per heavy atom. The smallest absolute Gasteiger partial charge is 0.297 e. The Balaban J connectivity index is 1.61. The number of hydrogen-bond acceptors (Lipinski definition) is 4. The second-order valence-electron chi connectivity index (χ2n) is 20.9. The summed E-state index contributed by atoms with van der Waals surface area (Å²) in [4.78, 5) is 3.18. The number of hydrogen-bond donors (Lipinski definition) is 0. The van der Waals surface area contributed by atoms with E-state index in [1.165, 1.54) is 4.90 Å². The first kappa shape index (κ1) is 25.5. The van der Waals surface area contributed by atoms with Gasteiger partial charge in [-0.15, -0.1) is 0 Å². The number of ether oxygens (including phenoxy) is 1. The second-order valence-corrected chi connectivity index (χ2v) is 20.9. The summed E-state index contributed by atoms with van der Waals surface area (Å²) in [7, 11) is 0. The third kappa shape index (κ3) is 5.77. The highest BCUT2D eigenvalue weighted by molar-refractivity contribution is 7.00. The first-order chi connectivity index (χ1) is 31.9. The zero-order valence-electron chi connectivity index (χ0n) is 48.9. The van der Waals surface area contributed by atoms with E-state index in [4.69, 9.17) is 9.15 Å². The number of benzene rings is 5. The number of nitrogens with zero attached hydrogens (tertiary/aromatic N) is 2. The topological polar surface area (TPSA) is 28.9 Å². The van der Waals surface area contributed by atoms with Crippen LogP contribution in [0.4, 0.5) is 34.1 Å². The normalized spacial score (nSPS) is 18.2. The van der Waals surface area contributed by atoms with E-state index < -0.39 is 45.9 Å². The van der Waals surface area contributed by atoms with Crippen molar-refractivity contribution in [3.8, 4) is 11.5 Å². The molecule has 0 saturated heterocycles. The average molecular weight is 768 g/mol. The van der Waals surface area contributed by atoms with Gasteiger partial charge in [0.2, 0.25) is 0 Å². The van der Waals surface area contributed by atoms with E-state index in [2.05, 4.69) is 0 Å². The lowest BCUT2D eigenvalue weighted by molar-refractivity contribution is 0.448. The van der Waals surface area contributed by atoms with Gasteiger partial charge in [0.25, 0.3) is 6.71 Å². The van der Waals surface area contributed by atoms with Gasteiger partial charge < -0.3 is 19.0 Å². The lowest BCUT2D eigenvalue weighted by atomic mass is 9.35. The first-order valence-corrected chi connectivity index (χ1v) is 19.9. The molecule has 0 atom stereocenters. The molecule has 3 aliphatic heterocycles. The number of furan rings is 1. The minimum Gasteiger partial charge on any atom is -0.468 e. The zero-order valence-corrected chi connectivity index (χ0v) is 35.9. The van der Waals surface area contributed by atoms with Gasteiger partial charge >= 0.3 is 0 Å².